The monoisotopic (exact) mass is 242 g/mol. The Bertz CT molecular complexity index is 179. The van der Waals surface area contributed by atoms with E-state index in [2.05, 4.69) is 12.2 Å². The molecule has 0 spiro atoms. The topological polar surface area (TPSA) is 58.3 Å². The van der Waals surface area contributed by atoms with Gasteiger partial charge in [0, 0.05) is 25.2 Å². The van der Waals surface area contributed by atoms with Crippen LogP contribution in [0, 0.1) is 5.92 Å². The fourth-order valence-electron chi connectivity index (χ4n) is 2.97. The lowest BCUT2D eigenvalue weighted by molar-refractivity contribution is 0.235. The lowest BCUT2D eigenvalue weighted by atomic mass is 9.91. The molecule has 3 heteroatoms. The maximum atomic E-state index is 9.04. The van der Waals surface area contributed by atoms with E-state index in [4.69, 9.17) is 10.8 Å². The molecule has 3 nitrogen and oxygen atoms in total. The van der Waals surface area contributed by atoms with Crippen molar-refractivity contribution in [1.82, 2.24) is 5.32 Å². The molecule has 0 aromatic heterocycles. The molecule has 102 valence electrons. The predicted molar refractivity (Wildman–Crippen MR) is 73.0 cm³/mol. The van der Waals surface area contributed by atoms with Gasteiger partial charge in [-0.15, -0.1) is 0 Å². The van der Waals surface area contributed by atoms with E-state index in [0.29, 0.717) is 12.1 Å². The summed E-state index contributed by atoms with van der Waals surface area (Å²) < 4.78 is 0. The van der Waals surface area contributed by atoms with Gasteiger partial charge in [-0.25, -0.2) is 0 Å². The van der Waals surface area contributed by atoms with Gasteiger partial charge in [-0.3, -0.25) is 0 Å². The molecule has 0 heterocycles. The summed E-state index contributed by atoms with van der Waals surface area (Å²) in [6.07, 6.45) is 10.1. The van der Waals surface area contributed by atoms with E-state index in [9.17, 15) is 0 Å². The number of hydrogen-bond donors (Lipinski definition) is 3. The second kappa shape index (κ2) is 8.90. The van der Waals surface area contributed by atoms with Crippen molar-refractivity contribution in [2.24, 2.45) is 11.7 Å². The minimum absolute atomic E-state index is 0.271. The van der Waals surface area contributed by atoms with Crippen molar-refractivity contribution in [1.29, 1.82) is 0 Å². The maximum Gasteiger partial charge on any atom is 0.0445 e. The first kappa shape index (κ1) is 14.9. The molecule has 0 aromatic rings. The molecule has 1 aliphatic rings. The van der Waals surface area contributed by atoms with E-state index in [0.717, 1.165) is 25.3 Å². The third kappa shape index (κ3) is 5.36. The van der Waals surface area contributed by atoms with Crippen molar-refractivity contribution in [3.8, 4) is 0 Å². The molecule has 1 aliphatic carbocycles. The Morgan fingerprint density at radius 3 is 2.35 bits per heavy atom. The summed E-state index contributed by atoms with van der Waals surface area (Å²) in [4.78, 5) is 0. The van der Waals surface area contributed by atoms with Crippen LogP contribution in [0.1, 0.15) is 58.3 Å². The second-order valence-corrected chi connectivity index (χ2v) is 5.38. The van der Waals surface area contributed by atoms with Crippen LogP contribution in [0.4, 0.5) is 0 Å². The molecule has 1 fully saturated rings. The smallest absolute Gasteiger partial charge is 0.0445 e. The first-order chi connectivity index (χ1) is 8.31. The van der Waals surface area contributed by atoms with Crippen molar-refractivity contribution in [3.05, 3.63) is 0 Å². The molecule has 2 unspecified atom stereocenters. The Labute approximate surface area is 106 Å². The van der Waals surface area contributed by atoms with E-state index in [1.165, 1.54) is 38.5 Å². The summed E-state index contributed by atoms with van der Waals surface area (Å²) >= 11 is 0. The average molecular weight is 242 g/mol. The molecule has 4 N–H and O–H groups in total. The maximum absolute atomic E-state index is 9.04. The molecule has 1 rings (SSSR count). The Balaban J connectivity index is 2.44. The van der Waals surface area contributed by atoms with Crippen LogP contribution in [0.15, 0.2) is 0 Å². The molecule has 0 radical (unpaired) electrons. The highest BCUT2D eigenvalue weighted by atomic mass is 16.3. The average Bonchev–Trinajstić information content (AvgIpc) is 2.63. The Kier molecular flexibility index (Phi) is 7.82. The van der Waals surface area contributed by atoms with Crippen LogP contribution in [-0.2, 0) is 0 Å². The van der Waals surface area contributed by atoms with Crippen molar-refractivity contribution in [3.63, 3.8) is 0 Å². The fourth-order valence-corrected chi connectivity index (χ4v) is 2.97. The third-order valence-corrected chi connectivity index (χ3v) is 4.14. The Hall–Kier alpha value is -0.120. The Morgan fingerprint density at radius 1 is 1.24 bits per heavy atom. The minimum Gasteiger partial charge on any atom is -0.396 e. The van der Waals surface area contributed by atoms with Gasteiger partial charge in [-0.2, -0.15) is 0 Å². The number of nitrogens with two attached hydrogens (primary N) is 1. The van der Waals surface area contributed by atoms with E-state index in [1.807, 2.05) is 0 Å². The van der Waals surface area contributed by atoms with Gasteiger partial charge in [0.15, 0.2) is 0 Å². The highest BCUT2D eigenvalue weighted by Crippen LogP contribution is 2.25. The lowest BCUT2D eigenvalue weighted by Gasteiger charge is -2.30. The predicted octanol–water partition coefficient (Wildman–Crippen LogP) is 2.03. The summed E-state index contributed by atoms with van der Waals surface area (Å²) in [7, 11) is 0. The SMILES string of the molecule is CCC(CCO)NC(CN)C1CCCCCC1. The zero-order valence-corrected chi connectivity index (χ0v) is 11.3. The first-order valence-corrected chi connectivity index (χ1v) is 7.38. The minimum atomic E-state index is 0.271. The van der Waals surface area contributed by atoms with Crippen LogP contribution in [0.3, 0.4) is 0 Å². The summed E-state index contributed by atoms with van der Waals surface area (Å²) in [5, 5.41) is 12.7. The molecule has 0 bridgehead atoms. The highest BCUT2D eigenvalue weighted by molar-refractivity contribution is 4.82. The van der Waals surface area contributed by atoms with Crippen molar-refractivity contribution in [2.75, 3.05) is 13.2 Å². The van der Waals surface area contributed by atoms with Gasteiger partial charge >= 0.3 is 0 Å². The first-order valence-electron chi connectivity index (χ1n) is 7.38. The van der Waals surface area contributed by atoms with Gasteiger partial charge in [0.2, 0.25) is 0 Å². The van der Waals surface area contributed by atoms with Gasteiger partial charge in [-0.1, -0.05) is 32.6 Å². The van der Waals surface area contributed by atoms with Gasteiger partial charge < -0.3 is 16.2 Å². The van der Waals surface area contributed by atoms with Crippen LogP contribution in [0.2, 0.25) is 0 Å². The molecule has 0 saturated heterocycles. The summed E-state index contributed by atoms with van der Waals surface area (Å²) in [6.45, 7) is 3.17. The third-order valence-electron chi connectivity index (χ3n) is 4.14. The summed E-state index contributed by atoms with van der Waals surface area (Å²) in [5.74, 6) is 0.746. The van der Waals surface area contributed by atoms with E-state index < -0.39 is 0 Å². The highest BCUT2D eigenvalue weighted by Gasteiger charge is 2.23. The standard InChI is InChI=1S/C14H30N2O/c1-2-13(9-10-17)16-14(11-15)12-7-5-3-4-6-8-12/h12-14,16-17H,2-11,15H2,1H3. The largest absolute Gasteiger partial charge is 0.396 e. The van der Waals surface area contributed by atoms with E-state index >= 15 is 0 Å². The van der Waals surface area contributed by atoms with Crippen LogP contribution in [-0.4, -0.2) is 30.3 Å². The zero-order chi connectivity index (χ0) is 12.5. The van der Waals surface area contributed by atoms with E-state index in [1.54, 1.807) is 0 Å². The molecule has 17 heavy (non-hydrogen) atoms. The van der Waals surface area contributed by atoms with Gasteiger partial charge in [0.25, 0.3) is 0 Å². The zero-order valence-electron chi connectivity index (χ0n) is 11.3. The molecule has 1 saturated carbocycles. The quantitative estimate of drug-likeness (QED) is 0.599. The molecule has 2 atom stereocenters. The molecule has 0 amide bonds. The number of rotatable bonds is 7. The van der Waals surface area contributed by atoms with Crippen LogP contribution in [0.5, 0.6) is 0 Å². The lowest BCUT2D eigenvalue weighted by Crippen LogP contribution is -2.47. The van der Waals surface area contributed by atoms with Crippen molar-refractivity contribution >= 4 is 0 Å². The Morgan fingerprint density at radius 2 is 1.88 bits per heavy atom. The fraction of sp³-hybridized carbons (Fsp3) is 1.00. The van der Waals surface area contributed by atoms with E-state index in [-0.39, 0.29) is 6.61 Å². The van der Waals surface area contributed by atoms with Crippen molar-refractivity contribution < 1.29 is 5.11 Å². The summed E-state index contributed by atoms with van der Waals surface area (Å²) in [6, 6.07) is 0.876. The molecule has 0 aliphatic heterocycles. The van der Waals surface area contributed by atoms with Crippen molar-refractivity contribution in [2.45, 2.75) is 70.4 Å². The number of hydrogen-bond acceptors (Lipinski definition) is 3. The van der Waals surface area contributed by atoms with Gasteiger partial charge in [-0.05, 0) is 31.6 Å². The molecule has 0 aromatic carbocycles. The second-order valence-electron chi connectivity index (χ2n) is 5.38. The number of aliphatic hydroxyl groups excluding tert-OH is 1. The van der Waals surface area contributed by atoms with Crippen LogP contribution >= 0.6 is 0 Å². The van der Waals surface area contributed by atoms with Gasteiger partial charge in [0.05, 0.1) is 0 Å². The van der Waals surface area contributed by atoms with Crippen LogP contribution in [0.25, 0.3) is 0 Å². The summed E-state index contributed by atoms with van der Waals surface area (Å²) in [5.41, 5.74) is 5.93. The number of aliphatic hydroxyl groups is 1. The number of nitrogens with one attached hydrogen (secondary N) is 1. The van der Waals surface area contributed by atoms with Gasteiger partial charge in [0.1, 0.15) is 0 Å². The molecular formula is C14H30N2O. The normalized spacial score (nSPS) is 22.1. The van der Waals surface area contributed by atoms with Crippen LogP contribution < -0.4 is 11.1 Å². The molecular weight excluding hydrogens is 212 g/mol.